The van der Waals surface area contributed by atoms with Crippen molar-refractivity contribution in [2.75, 3.05) is 18.0 Å². The van der Waals surface area contributed by atoms with Crippen molar-refractivity contribution in [3.63, 3.8) is 0 Å². The molecule has 0 aliphatic heterocycles. The van der Waals surface area contributed by atoms with Gasteiger partial charge in [0.1, 0.15) is 5.82 Å². The van der Waals surface area contributed by atoms with Gasteiger partial charge >= 0.3 is 0 Å². The van der Waals surface area contributed by atoms with E-state index in [1.807, 2.05) is 24.0 Å². The van der Waals surface area contributed by atoms with Gasteiger partial charge in [-0.25, -0.2) is 4.98 Å². The topological polar surface area (TPSA) is 33.1 Å². The van der Waals surface area contributed by atoms with Crippen molar-refractivity contribution in [2.45, 2.75) is 26.9 Å². The fourth-order valence-corrected chi connectivity index (χ4v) is 2.30. The molecule has 0 aliphatic rings. The van der Waals surface area contributed by atoms with Crippen LogP contribution in [-0.4, -0.2) is 22.6 Å². The minimum atomic E-state index is 0.793. The number of rotatable bonds is 7. The summed E-state index contributed by atoms with van der Waals surface area (Å²) in [5.74, 6) is 1.06. The van der Waals surface area contributed by atoms with Crippen LogP contribution < -0.4 is 10.2 Å². The van der Waals surface area contributed by atoms with Crippen LogP contribution in [0.25, 0.3) is 0 Å². The second-order valence-corrected chi connectivity index (χ2v) is 4.90. The monoisotopic (exact) mass is 272 g/mol. The summed E-state index contributed by atoms with van der Waals surface area (Å²) in [7, 11) is 2.02. The van der Waals surface area contributed by atoms with Gasteiger partial charge in [0.25, 0.3) is 0 Å². The zero-order valence-electron chi connectivity index (χ0n) is 12.6. The molecular weight excluding hydrogens is 248 g/mol. The Hall–Kier alpha value is -1.81. The lowest BCUT2D eigenvalue weighted by molar-refractivity contribution is 0.639. The van der Waals surface area contributed by atoms with Crippen molar-refractivity contribution in [1.82, 2.24) is 14.9 Å². The summed E-state index contributed by atoms with van der Waals surface area (Å²) in [4.78, 5) is 6.65. The van der Waals surface area contributed by atoms with E-state index in [-0.39, 0.29) is 0 Å². The van der Waals surface area contributed by atoms with Crippen molar-refractivity contribution < 1.29 is 0 Å². The van der Waals surface area contributed by atoms with Crippen molar-refractivity contribution in [1.29, 1.82) is 0 Å². The van der Waals surface area contributed by atoms with Crippen molar-refractivity contribution in [2.24, 2.45) is 7.05 Å². The summed E-state index contributed by atoms with van der Waals surface area (Å²) in [6.07, 6.45) is 3.80. The summed E-state index contributed by atoms with van der Waals surface area (Å²) in [5.41, 5.74) is 2.60. The Labute approximate surface area is 121 Å². The molecule has 0 spiro atoms. The van der Waals surface area contributed by atoms with Gasteiger partial charge in [-0.1, -0.05) is 12.1 Å². The zero-order chi connectivity index (χ0) is 14.4. The van der Waals surface area contributed by atoms with Crippen molar-refractivity contribution in [3.8, 4) is 0 Å². The number of nitrogens with one attached hydrogen (secondary N) is 1. The van der Waals surface area contributed by atoms with E-state index in [1.54, 1.807) is 0 Å². The molecule has 20 heavy (non-hydrogen) atoms. The van der Waals surface area contributed by atoms with Crippen LogP contribution in [0.4, 0.5) is 5.69 Å². The highest BCUT2D eigenvalue weighted by Crippen LogP contribution is 2.14. The minimum Gasteiger partial charge on any atom is -0.372 e. The number of imidazole rings is 1. The summed E-state index contributed by atoms with van der Waals surface area (Å²) < 4.78 is 2.04. The molecule has 1 aromatic carbocycles. The Kier molecular flexibility index (Phi) is 5.18. The third-order valence-electron chi connectivity index (χ3n) is 3.60. The van der Waals surface area contributed by atoms with E-state index in [4.69, 9.17) is 0 Å². The second kappa shape index (κ2) is 7.10. The van der Waals surface area contributed by atoms with Gasteiger partial charge in [-0.2, -0.15) is 0 Å². The molecular formula is C16H24N4. The first-order valence-corrected chi connectivity index (χ1v) is 7.25. The fraction of sp³-hybridized carbons (Fsp3) is 0.438. The van der Waals surface area contributed by atoms with E-state index in [0.717, 1.165) is 32.0 Å². The first-order chi connectivity index (χ1) is 9.74. The molecule has 1 N–H and O–H groups in total. The van der Waals surface area contributed by atoms with Gasteiger partial charge in [0.2, 0.25) is 0 Å². The maximum Gasteiger partial charge on any atom is 0.122 e. The number of hydrogen-bond acceptors (Lipinski definition) is 3. The molecule has 1 aromatic heterocycles. The number of nitrogens with zero attached hydrogens (tertiary/aromatic N) is 3. The Bertz CT molecular complexity index is 512. The summed E-state index contributed by atoms with van der Waals surface area (Å²) in [5, 5.41) is 3.42. The van der Waals surface area contributed by atoms with E-state index in [2.05, 4.69) is 53.3 Å². The molecule has 0 amide bonds. The third-order valence-corrected chi connectivity index (χ3v) is 3.60. The van der Waals surface area contributed by atoms with Crippen LogP contribution in [0.5, 0.6) is 0 Å². The van der Waals surface area contributed by atoms with Crippen LogP contribution in [0.2, 0.25) is 0 Å². The predicted octanol–water partition coefficient (Wildman–Crippen LogP) is 2.56. The SMILES string of the molecule is CCN(CC)c1ccc(CNCc2nccn2C)cc1. The largest absolute Gasteiger partial charge is 0.372 e. The molecule has 108 valence electrons. The summed E-state index contributed by atoms with van der Waals surface area (Å²) >= 11 is 0. The number of anilines is 1. The average Bonchev–Trinajstić information content (AvgIpc) is 2.87. The Morgan fingerprint density at radius 3 is 2.35 bits per heavy atom. The Morgan fingerprint density at radius 2 is 1.80 bits per heavy atom. The maximum absolute atomic E-state index is 4.30. The van der Waals surface area contributed by atoms with Crippen LogP contribution in [0.15, 0.2) is 36.7 Å². The molecule has 2 aromatic rings. The fourth-order valence-electron chi connectivity index (χ4n) is 2.30. The predicted molar refractivity (Wildman–Crippen MR) is 83.8 cm³/mol. The van der Waals surface area contributed by atoms with E-state index >= 15 is 0 Å². The standard InChI is InChI=1S/C16H24N4/c1-4-20(5-2)15-8-6-14(7-9-15)12-17-13-16-18-10-11-19(16)3/h6-11,17H,4-5,12-13H2,1-3H3. The van der Waals surface area contributed by atoms with Crippen LogP contribution in [0.3, 0.4) is 0 Å². The van der Waals surface area contributed by atoms with Crippen LogP contribution in [0.1, 0.15) is 25.2 Å². The van der Waals surface area contributed by atoms with Gasteiger partial charge in [0.05, 0.1) is 6.54 Å². The number of benzene rings is 1. The smallest absolute Gasteiger partial charge is 0.122 e. The third kappa shape index (κ3) is 3.61. The Morgan fingerprint density at radius 1 is 1.10 bits per heavy atom. The summed E-state index contributed by atoms with van der Waals surface area (Å²) in [6.45, 7) is 8.13. The van der Waals surface area contributed by atoms with E-state index in [0.29, 0.717) is 0 Å². The molecule has 0 fully saturated rings. The number of aromatic nitrogens is 2. The Balaban J connectivity index is 1.86. The molecule has 4 nitrogen and oxygen atoms in total. The quantitative estimate of drug-likeness (QED) is 0.841. The second-order valence-electron chi connectivity index (χ2n) is 4.90. The highest BCUT2D eigenvalue weighted by molar-refractivity contribution is 5.47. The first kappa shape index (κ1) is 14.6. The van der Waals surface area contributed by atoms with Gasteiger partial charge in [-0.3, -0.25) is 0 Å². The van der Waals surface area contributed by atoms with Gasteiger partial charge in [0.15, 0.2) is 0 Å². The molecule has 2 rings (SSSR count). The zero-order valence-corrected chi connectivity index (χ0v) is 12.6. The van der Waals surface area contributed by atoms with Gasteiger partial charge < -0.3 is 14.8 Å². The van der Waals surface area contributed by atoms with Gasteiger partial charge in [-0.15, -0.1) is 0 Å². The van der Waals surface area contributed by atoms with Crippen molar-refractivity contribution in [3.05, 3.63) is 48.0 Å². The normalized spacial score (nSPS) is 10.8. The number of hydrogen-bond donors (Lipinski definition) is 1. The molecule has 1 heterocycles. The highest BCUT2D eigenvalue weighted by Gasteiger charge is 2.02. The molecule has 0 saturated carbocycles. The highest BCUT2D eigenvalue weighted by atomic mass is 15.1. The lowest BCUT2D eigenvalue weighted by Gasteiger charge is -2.21. The van der Waals surface area contributed by atoms with Gasteiger partial charge in [0, 0.05) is 44.8 Å². The summed E-state index contributed by atoms with van der Waals surface area (Å²) in [6, 6.07) is 8.79. The molecule has 0 aliphatic carbocycles. The molecule has 0 saturated heterocycles. The lowest BCUT2D eigenvalue weighted by Crippen LogP contribution is -2.21. The van der Waals surface area contributed by atoms with E-state index in [9.17, 15) is 0 Å². The van der Waals surface area contributed by atoms with E-state index < -0.39 is 0 Å². The van der Waals surface area contributed by atoms with Crippen molar-refractivity contribution >= 4 is 5.69 Å². The van der Waals surface area contributed by atoms with Gasteiger partial charge in [-0.05, 0) is 31.5 Å². The minimum absolute atomic E-state index is 0.793. The molecule has 0 bridgehead atoms. The molecule has 0 atom stereocenters. The van der Waals surface area contributed by atoms with Crippen LogP contribution in [0, 0.1) is 0 Å². The molecule has 4 heteroatoms. The molecule has 0 unspecified atom stereocenters. The maximum atomic E-state index is 4.30. The van der Waals surface area contributed by atoms with Crippen LogP contribution >= 0.6 is 0 Å². The van der Waals surface area contributed by atoms with E-state index in [1.165, 1.54) is 11.3 Å². The van der Waals surface area contributed by atoms with Crippen LogP contribution in [-0.2, 0) is 20.1 Å². The lowest BCUT2D eigenvalue weighted by atomic mass is 10.2. The molecule has 0 radical (unpaired) electrons. The number of aryl methyl sites for hydroxylation is 1. The average molecular weight is 272 g/mol. The first-order valence-electron chi connectivity index (χ1n) is 7.25.